The van der Waals surface area contributed by atoms with Crippen molar-refractivity contribution in [2.45, 2.75) is 57.1 Å². The van der Waals surface area contributed by atoms with Gasteiger partial charge in [0.1, 0.15) is 6.10 Å². The van der Waals surface area contributed by atoms with E-state index in [4.69, 9.17) is 0 Å². The smallest absolute Gasteiger partial charge is 0.166 e. The van der Waals surface area contributed by atoms with E-state index in [1.807, 2.05) is 0 Å². The molecule has 0 amide bonds. The highest BCUT2D eigenvalue weighted by atomic mass is 16.3. The standard InChI is InChI=1S/C16H25NO2/c1-10-8-11-12-4-2-6-17-7-3-5-13(15(19)14(11)18)16(12,17)9-10/h10-14,18H,2-9H2,1H3. The lowest BCUT2D eigenvalue weighted by Gasteiger charge is -2.66. The minimum Gasteiger partial charge on any atom is -0.385 e. The first-order chi connectivity index (χ1) is 9.14. The van der Waals surface area contributed by atoms with E-state index in [-0.39, 0.29) is 23.2 Å². The van der Waals surface area contributed by atoms with Gasteiger partial charge in [-0.1, -0.05) is 6.92 Å². The maximum atomic E-state index is 12.6. The molecule has 4 aliphatic rings. The summed E-state index contributed by atoms with van der Waals surface area (Å²) < 4.78 is 0. The third-order valence-corrected chi connectivity index (χ3v) is 6.61. The number of nitrogens with zero attached hydrogens (tertiary/aromatic N) is 1. The molecule has 0 aromatic rings. The predicted molar refractivity (Wildman–Crippen MR) is 72.7 cm³/mol. The summed E-state index contributed by atoms with van der Waals surface area (Å²) in [4.78, 5) is 15.3. The highest BCUT2D eigenvalue weighted by Gasteiger charge is 2.64. The normalized spacial score (nSPS) is 53.8. The molecule has 0 aromatic carbocycles. The number of aliphatic hydroxyl groups is 1. The topological polar surface area (TPSA) is 40.5 Å². The Morgan fingerprint density at radius 1 is 1.26 bits per heavy atom. The van der Waals surface area contributed by atoms with Gasteiger partial charge < -0.3 is 5.11 Å². The molecule has 3 nitrogen and oxygen atoms in total. The Labute approximate surface area is 115 Å². The molecule has 0 aromatic heterocycles. The largest absolute Gasteiger partial charge is 0.385 e. The van der Waals surface area contributed by atoms with Crippen molar-refractivity contribution in [2.24, 2.45) is 23.7 Å². The van der Waals surface area contributed by atoms with Gasteiger partial charge >= 0.3 is 0 Å². The van der Waals surface area contributed by atoms with Crippen LogP contribution in [0.2, 0.25) is 0 Å². The maximum absolute atomic E-state index is 12.6. The predicted octanol–water partition coefficient (Wildman–Crippen LogP) is 1.84. The zero-order chi connectivity index (χ0) is 13.2. The van der Waals surface area contributed by atoms with Gasteiger partial charge in [0.05, 0.1) is 0 Å². The van der Waals surface area contributed by atoms with Crippen molar-refractivity contribution < 1.29 is 9.90 Å². The van der Waals surface area contributed by atoms with E-state index in [1.54, 1.807) is 0 Å². The van der Waals surface area contributed by atoms with Gasteiger partial charge in [-0.2, -0.15) is 0 Å². The van der Waals surface area contributed by atoms with E-state index >= 15 is 0 Å². The number of ketones is 1. The van der Waals surface area contributed by atoms with Crippen LogP contribution in [-0.4, -0.2) is 40.5 Å². The lowest BCUT2D eigenvalue weighted by atomic mass is 9.48. The second-order valence-corrected chi connectivity index (χ2v) is 7.48. The summed E-state index contributed by atoms with van der Waals surface area (Å²) in [5.41, 5.74) is 0.134. The molecule has 4 fully saturated rings. The van der Waals surface area contributed by atoms with Crippen molar-refractivity contribution >= 4 is 5.78 Å². The molecule has 2 saturated heterocycles. The number of aliphatic hydroxyl groups excluding tert-OH is 1. The van der Waals surface area contributed by atoms with Gasteiger partial charge in [0.25, 0.3) is 0 Å². The van der Waals surface area contributed by atoms with Crippen LogP contribution in [0.1, 0.15) is 45.4 Å². The van der Waals surface area contributed by atoms with E-state index in [0.717, 1.165) is 19.3 Å². The summed E-state index contributed by atoms with van der Waals surface area (Å²) in [7, 11) is 0. The highest BCUT2D eigenvalue weighted by molar-refractivity contribution is 5.88. The van der Waals surface area contributed by atoms with Crippen molar-refractivity contribution in [3.05, 3.63) is 0 Å². The van der Waals surface area contributed by atoms with Crippen LogP contribution in [0.3, 0.4) is 0 Å². The molecular weight excluding hydrogens is 238 g/mol. The lowest BCUT2D eigenvalue weighted by molar-refractivity contribution is -0.193. The minimum absolute atomic E-state index is 0.126. The van der Waals surface area contributed by atoms with Gasteiger partial charge in [-0.3, -0.25) is 9.69 Å². The average molecular weight is 263 g/mol. The Morgan fingerprint density at radius 3 is 2.79 bits per heavy atom. The summed E-state index contributed by atoms with van der Waals surface area (Å²) in [6, 6.07) is 0. The summed E-state index contributed by atoms with van der Waals surface area (Å²) in [6.07, 6.45) is 6.22. The molecule has 4 rings (SSSR count). The molecule has 1 spiro atoms. The third-order valence-electron chi connectivity index (χ3n) is 6.61. The monoisotopic (exact) mass is 263 g/mol. The summed E-state index contributed by atoms with van der Waals surface area (Å²) in [5.74, 6) is 1.79. The van der Waals surface area contributed by atoms with Crippen LogP contribution in [-0.2, 0) is 4.79 Å². The van der Waals surface area contributed by atoms with Gasteiger partial charge in [0.2, 0.25) is 0 Å². The molecule has 19 heavy (non-hydrogen) atoms. The Kier molecular flexibility index (Phi) is 2.63. The van der Waals surface area contributed by atoms with Crippen LogP contribution in [0.5, 0.6) is 0 Å². The zero-order valence-corrected chi connectivity index (χ0v) is 11.8. The van der Waals surface area contributed by atoms with Crippen LogP contribution in [0.15, 0.2) is 0 Å². The van der Waals surface area contributed by atoms with Crippen LogP contribution in [0.25, 0.3) is 0 Å². The van der Waals surface area contributed by atoms with Gasteiger partial charge in [0, 0.05) is 11.5 Å². The number of hydrogen-bond donors (Lipinski definition) is 1. The van der Waals surface area contributed by atoms with Crippen molar-refractivity contribution in [3.8, 4) is 0 Å². The van der Waals surface area contributed by atoms with Crippen molar-refractivity contribution in [1.29, 1.82) is 0 Å². The third kappa shape index (κ3) is 1.43. The highest BCUT2D eigenvalue weighted by Crippen LogP contribution is 2.59. The molecule has 1 N–H and O–H groups in total. The Bertz CT molecular complexity index is 408. The lowest BCUT2D eigenvalue weighted by Crippen LogP contribution is -2.74. The van der Waals surface area contributed by atoms with E-state index < -0.39 is 6.10 Å². The second kappa shape index (κ2) is 4.05. The molecule has 6 atom stereocenters. The Hall–Kier alpha value is -0.410. The number of Topliss-reactive ketones (excluding diaryl/α,β-unsaturated/α-hetero) is 1. The van der Waals surface area contributed by atoms with E-state index in [2.05, 4.69) is 11.8 Å². The van der Waals surface area contributed by atoms with E-state index in [1.165, 1.54) is 32.4 Å². The summed E-state index contributed by atoms with van der Waals surface area (Å²) in [6.45, 7) is 4.67. The first-order valence-corrected chi connectivity index (χ1v) is 8.11. The summed E-state index contributed by atoms with van der Waals surface area (Å²) >= 11 is 0. The van der Waals surface area contributed by atoms with Crippen LogP contribution < -0.4 is 0 Å². The molecule has 3 heteroatoms. The molecular formula is C16H25NO2. The Balaban J connectivity index is 1.84. The van der Waals surface area contributed by atoms with E-state index in [9.17, 15) is 9.90 Å². The van der Waals surface area contributed by atoms with Gasteiger partial charge in [-0.15, -0.1) is 0 Å². The molecule has 2 saturated carbocycles. The van der Waals surface area contributed by atoms with Crippen LogP contribution >= 0.6 is 0 Å². The quantitative estimate of drug-likeness (QED) is 0.725. The summed E-state index contributed by atoms with van der Waals surface area (Å²) in [5, 5.41) is 10.5. The number of hydrogen-bond acceptors (Lipinski definition) is 3. The first-order valence-electron chi connectivity index (χ1n) is 8.11. The minimum atomic E-state index is -0.663. The number of carbonyl (C=O) groups is 1. The fraction of sp³-hybridized carbons (Fsp3) is 0.938. The zero-order valence-electron chi connectivity index (χ0n) is 11.8. The molecule has 106 valence electrons. The number of rotatable bonds is 0. The molecule has 2 aliphatic carbocycles. The average Bonchev–Trinajstić information content (AvgIpc) is 2.40. The van der Waals surface area contributed by atoms with Crippen molar-refractivity contribution in [3.63, 3.8) is 0 Å². The fourth-order valence-electron chi connectivity index (χ4n) is 6.16. The van der Waals surface area contributed by atoms with Crippen molar-refractivity contribution in [1.82, 2.24) is 4.90 Å². The fourth-order valence-corrected chi connectivity index (χ4v) is 6.16. The van der Waals surface area contributed by atoms with Crippen molar-refractivity contribution in [2.75, 3.05) is 13.1 Å². The maximum Gasteiger partial charge on any atom is 0.166 e. The number of piperidine rings is 2. The van der Waals surface area contributed by atoms with E-state index in [0.29, 0.717) is 11.8 Å². The van der Waals surface area contributed by atoms with Gasteiger partial charge in [-0.25, -0.2) is 0 Å². The van der Waals surface area contributed by atoms with Gasteiger partial charge in [-0.05, 0) is 69.4 Å². The van der Waals surface area contributed by atoms with Crippen LogP contribution in [0.4, 0.5) is 0 Å². The molecule has 0 radical (unpaired) electrons. The molecule has 2 bridgehead atoms. The first kappa shape index (κ1) is 12.3. The number of carbonyl (C=O) groups excluding carboxylic acids is 1. The molecule has 2 aliphatic heterocycles. The SMILES string of the molecule is CC1CC2C(O)C(=O)C3CCCN4CCCC2C34C1. The van der Waals surface area contributed by atoms with Gasteiger partial charge in [0.15, 0.2) is 5.78 Å². The van der Waals surface area contributed by atoms with Crippen LogP contribution in [0, 0.1) is 23.7 Å². The second-order valence-electron chi connectivity index (χ2n) is 7.48. The molecule has 6 unspecified atom stereocenters. The molecule has 2 heterocycles. The Morgan fingerprint density at radius 2 is 2.00 bits per heavy atom.